The molecule has 0 fully saturated rings. The quantitative estimate of drug-likeness (QED) is 0.542. The van der Waals surface area contributed by atoms with E-state index < -0.39 is 26.9 Å². The lowest BCUT2D eigenvalue weighted by atomic mass is 10.1. The molecule has 1 amide bonds. The third kappa shape index (κ3) is 5.02. The second kappa shape index (κ2) is 8.48. The summed E-state index contributed by atoms with van der Waals surface area (Å²) in [7, 11) is -2.44. The summed E-state index contributed by atoms with van der Waals surface area (Å²) in [6.45, 7) is 4.91. The van der Waals surface area contributed by atoms with E-state index >= 15 is 0 Å². The number of benzene rings is 2. The first-order valence-electron chi connectivity index (χ1n) is 8.65. The lowest BCUT2D eigenvalue weighted by molar-refractivity contribution is -0.384. The highest BCUT2D eigenvalue weighted by Crippen LogP contribution is 2.33. The van der Waals surface area contributed by atoms with Gasteiger partial charge in [0.2, 0.25) is 15.9 Å². The maximum atomic E-state index is 12.9. The maximum Gasteiger partial charge on any atom is 0.271 e. The van der Waals surface area contributed by atoms with Crippen LogP contribution in [0, 0.1) is 24.0 Å². The van der Waals surface area contributed by atoms with E-state index in [2.05, 4.69) is 5.32 Å². The molecule has 1 N–H and O–H groups in total. The first-order chi connectivity index (χ1) is 13.5. The molecule has 0 heterocycles. The lowest BCUT2D eigenvalue weighted by Crippen LogP contribution is -2.45. The van der Waals surface area contributed by atoms with Crippen LogP contribution < -0.4 is 14.4 Å². The molecule has 1 unspecified atom stereocenters. The van der Waals surface area contributed by atoms with Gasteiger partial charge in [-0.3, -0.25) is 19.2 Å². The molecular weight excluding hydrogens is 398 g/mol. The van der Waals surface area contributed by atoms with Crippen LogP contribution in [0.15, 0.2) is 36.4 Å². The number of amides is 1. The molecule has 0 bridgehead atoms. The third-order valence-electron chi connectivity index (χ3n) is 4.35. The van der Waals surface area contributed by atoms with Gasteiger partial charge in [0, 0.05) is 12.1 Å². The number of non-ortho nitro benzene ring substituents is 1. The Hall–Kier alpha value is -3.14. The van der Waals surface area contributed by atoms with E-state index in [1.165, 1.54) is 32.2 Å². The van der Waals surface area contributed by atoms with Crippen molar-refractivity contribution < 1.29 is 22.9 Å². The number of ether oxygens (including phenoxy) is 1. The van der Waals surface area contributed by atoms with Crippen LogP contribution in [-0.2, 0) is 14.8 Å². The zero-order valence-electron chi connectivity index (χ0n) is 16.8. The fourth-order valence-electron chi connectivity index (χ4n) is 2.85. The Morgan fingerprint density at radius 2 is 1.86 bits per heavy atom. The Balaban J connectivity index is 2.45. The lowest BCUT2D eigenvalue weighted by Gasteiger charge is -2.29. The van der Waals surface area contributed by atoms with Crippen molar-refractivity contribution in [2.24, 2.45) is 0 Å². The number of carbonyl (C=O) groups is 1. The van der Waals surface area contributed by atoms with Gasteiger partial charge in [-0.2, -0.15) is 0 Å². The Bertz CT molecular complexity index is 1050. The molecule has 0 aliphatic carbocycles. The van der Waals surface area contributed by atoms with Gasteiger partial charge in [-0.25, -0.2) is 8.42 Å². The van der Waals surface area contributed by atoms with Crippen LogP contribution in [0.1, 0.15) is 18.1 Å². The average Bonchev–Trinajstić information content (AvgIpc) is 2.62. The number of hydrogen-bond donors (Lipinski definition) is 1. The molecule has 9 nitrogen and oxygen atoms in total. The standard InChI is InChI=1S/C19H23N3O6S/c1-12-6-9-18(28-4)17(10-12)21(29(5,26)27)14(3)19(23)20-16-11-15(22(24)25)8-7-13(16)2/h6-11,14H,1-5H3,(H,20,23). The molecule has 2 aromatic rings. The van der Waals surface area contributed by atoms with Gasteiger partial charge in [-0.05, 0) is 44.0 Å². The van der Waals surface area contributed by atoms with E-state index in [1.807, 2.05) is 0 Å². The summed E-state index contributed by atoms with van der Waals surface area (Å²) < 4.78 is 31.3. The first kappa shape index (κ1) is 22.2. The Kier molecular flexibility index (Phi) is 6.48. The number of carbonyl (C=O) groups excluding carboxylic acids is 1. The summed E-state index contributed by atoms with van der Waals surface area (Å²) in [5.74, 6) is -0.338. The highest BCUT2D eigenvalue weighted by atomic mass is 32.2. The second-order valence-electron chi connectivity index (χ2n) is 6.66. The summed E-state index contributed by atoms with van der Waals surface area (Å²) in [4.78, 5) is 23.3. The van der Waals surface area contributed by atoms with Crippen molar-refractivity contribution >= 4 is 33.0 Å². The van der Waals surface area contributed by atoms with Crippen LogP contribution in [0.4, 0.5) is 17.1 Å². The van der Waals surface area contributed by atoms with Crippen LogP contribution >= 0.6 is 0 Å². The zero-order valence-corrected chi connectivity index (χ0v) is 17.6. The largest absolute Gasteiger partial charge is 0.495 e. The van der Waals surface area contributed by atoms with Crippen molar-refractivity contribution in [3.63, 3.8) is 0 Å². The van der Waals surface area contributed by atoms with Crippen LogP contribution in [0.25, 0.3) is 0 Å². The van der Waals surface area contributed by atoms with Gasteiger partial charge in [0.25, 0.3) is 5.69 Å². The van der Waals surface area contributed by atoms with Gasteiger partial charge in [-0.15, -0.1) is 0 Å². The molecule has 0 spiro atoms. The highest BCUT2D eigenvalue weighted by molar-refractivity contribution is 7.92. The third-order valence-corrected chi connectivity index (χ3v) is 5.58. The number of sulfonamides is 1. The van der Waals surface area contributed by atoms with Crippen molar-refractivity contribution in [1.82, 2.24) is 0 Å². The van der Waals surface area contributed by atoms with Crippen LogP contribution in [0.2, 0.25) is 0 Å². The van der Waals surface area contributed by atoms with Gasteiger partial charge >= 0.3 is 0 Å². The molecule has 1 atom stereocenters. The number of nitrogens with one attached hydrogen (secondary N) is 1. The monoisotopic (exact) mass is 421 g/mol. The predicted octanol–water partition coefficient (Wildman–Crippen LogP) is 3.01. The van der Waals surface area contributed by atoms with Gasteiger partial charge < -0.3 is 10.1 Å². The van der Waals surface area contributed by atoms with E-state index in [1.54, 1.807) is 32.0 Å². The maximum absolute atomic E-state index is 12.9. The molecule has 10 heteroatoms. The Morgan fingerprint density at radius 3 is 2.41 bits per heavy atom. The highest BCUT2D eigenvalue weighted by Gasteiger charge is 2.31. The number of rotatable bonds is 7. The predicted molar refractivity (Wildman–Crippen MR) is 111 cm³/mol. The first-order valence-corrected chi connectivity index (χ1v) is 10.5. The van der Waals surface area contributed by atoms with Crippen LogP contribution in [0.5, 0.6) is 5.75 Å². The topological polar surface area (TPSA) is 119 Å². The Morgan fingerprint density at radius 1 is 1.21 bits per heavy atom. The number of methoxy groups -OCH3 is 1. The molecule has 0 saturated heterocycles. The minimum absolute atomic E-state index is 0.182. The second-order valence-corrected chi connectivity index (χ2v) is 8.52. The molecule has 0 aromatic heterocycles. The van der Waals surface area contributed by atoms with Gasteiger partial charge in [0.1, 0.15) is 11.8 Å². The normalized spacial score (nSPS) is 12.2. The fraction of sp³-hybridized carbons (Fsp3) is 0.316. The minimum atomic E-state index is -3.85. The molecule has 2 rings (SSSR count). The SMILES string of the molecule is COc1ccc(C)cc1N(C(C)C(=O)Nc1cc([N+](=O)[O-])ccc1C)S(C)(=O)=O. The summed E-state index contributed by atoms with van der Waals surface area (Å²) in [6, 6.07) is 7.93. The fourth-order valence-corrected chi connectivity index (χ4v) is 4.02. The van der Waals surface area contributed by atoms with Crippen molar-refractivity contribution in [3.05, 3.63) is 57.6 Å². The smallest absolute Gasteiger partial charge is 0.271 e. The number of anilines is 2. The van der Waals surface area contributed by atoms with Gasteiger partial charge in [-0.1, -0.05) is 12.1 Å². The van der Waals surface area contributed by atoms with E-state index in [0.29, 0.717) is 11.3 Å². The Labute approximate surface area is 169 Å². The molecule has 156 valence electrons. The molecule has 0 aliphatic heterocycles. The van der Waals surface area contributed by atoms with Crippen molar-refractivity contribution in [3.8, 4) is 5.75 Å². The number of nitro groups is 1. The molecule has 29 heavy (non-hydrogen) atoms. The van der Waals surface area contributed by atoms with Crippen molar-refractivity contribution in [2.75, 3.05) is 23.0 Å². The average molecular weight is 421 g/mol. The van der Waals surface area contributed by atoms with Crippen molar-refractivity contribution in [2.45, 2.75) is 26.8 Å². The number of hydrogen-bond acceptors (Lipinski definition) is 6. The van der Waals surface area contributed by atoms with Crippen molar-refractivity contribution in [1.29, 1.82) is 0 Å². The minimum Gasteiger partial charge on any atom is -0.495 e. The summed E-state index contributed by atoms with van der Waals surface area (Å²) >= 11 is 0. The molecule has 0 aliphatic rings. The molecule has 0 radical (unpaired) electrons. The van der Waals surface area contributed by atoms with Crippen LogP contribution in [-0.4, -0.2) is 38.7 Å². The molecule has 0 saturated carbocycles. The van der Waals surface area contributed by atoms with E-state index in [9.17, 15) is 23.3 Å². The zero-order chi connectivity index (χ0) is 21.9. The van der Waals surface area contributed by atoms with E-state index in [0.717, 1.165) is 16.1 Å². The summed E-state index contributed by atoms with van der Waals surface area (Å²) in [5.41, 5.74) is 1.68. The van der Waals surface area contributed by atoms with Gasteiger partial charge in [0.15, 0.2) is 0 Å². The van der Waals surface area contributed by atoms with Crippen LogP contribution in [0.3, 0.4) is 0 Å². The number of aryl methyl sites for hydroxylation is 2. The molecular formula is C19H23N3O6S. The van der Waals surface area contributed by atoms with E-state index in [4.69, 9.17) is 4.74 Å². The summed E-state index contributed by atoms with van der Waals surface area (Å²) in [6.07, 6.45) is 0.997. The number of nitrogens with zero attached hydrogens (tertiary/aromatic N) is 2. The van der Waals surface area contributed by atoms with E-state index in [-0.39, 0.29) is 17.1 Å². The summed E-state index contributed by atoms with van der Waals surface area (Å²) in [5, 5.41) is 13.6. The molecule has 2 aromatic carbocycles. The number of nitro benzene ring substituents is 1. The van der Waals surface area contributed by atoms with Gasteiger partial charge in [0.05, 0.1) is 29.7 Å².